The van der Waals surface area contributed by atoms with Crippen molar-refractivity contribution in [3.63, 3.8) is 0 Å². The maximum Gasteiger partial charge on any atom is 0.249 e. The third kappa shape index (κ3) is 2.36. The number of hydrogen-bond acceptors (Lipinski definition) is 5. The minimum atomic E-state index is -0.460. The van der Waals surface area contributed by atoms with Crippen LogP contribution in [0.1, 0.15) is 12.6 Å². The fourth-order valence-electron chi connectivity index (χ4n) is 1.66. The lowest BCUT2D eigenvalue weighted by molar-refractivity contribution is -0.132. The number of imide groups is 1. The summed E-state index contributed by atoms with van der Waals surface area (Å²) in [5.41, 5.74) is 0.686. The van der Waals surface area contributed by atoms with Crippen LogP contribution in [0.5, 0.6) is 0 Å². The number of halogens is 1. The molecule has 1 aromatic heterocycles. The molecule has 1 aromatic rings. The SMILES string of the molecule is Cc1cc(N2CC(=O)NC(=O)C2C)nc(Cl)n1. The van der Waals surface area contributed by atoms with Crippen LogP contribution in [0.2, 0.25) is 5.28 Å². The average Bonchev–Trinajstić information content (AvgIpc) is 2.22. The van der Waals surface area contributed by atoms with Gasteiger partial charge >= 0.3 is 0 Å². The zero-order valence-electron chi connectivity index (χ0n) is 9.40. The molecule has 1 N–H and O–H groups in total. The number of aryl methyl sites for hydroxylation is 1. The van der Waals surface area contributed by atoms with Gasteiger partial charge in [0.2, 0.25) is 17.1 Å². The predicted molar refractivity (Wildman–Crippen MR) is 61.7 cm³/mol. The van der Waals surface area contributed by atoms with Crippen molar-refractivity contribution >= 4 is 29.2 Å². The summed E-state index contributed by atoms with van der Waals surface area (Å²) in [4.78, 5) is 32.4. The first-order valence-electron chi connectivity index (χ1n) is 5.09. The predicted octanol–water partition coefficient (Wildman–Crippen LogP) is 0.290. The fraction of sp³-hybridized carbons (Fsp3) is 0.400. The van der Waals surface area contributed by atoms with Gasteiger partial charge in [-0.15, -0.1) is 0 Å². The summed E-state index contributed by atoms with van der Waals surface area (Å²) in [5, 5.41) is 2.36. The Morgan fingerprint density at radius 1 is 1.47 bits per heavy atom. The van der Waals surface area contributed by atoms with E-state index in [1.807, 2.05) is 0 Å². The summed E-state index contributed by atoms with van der Waals surface area (Å²) in [6, 6.07) is 1.23. The highest BCUT2D eigenvalue weighted by atomic mass is 35.5. The van der Waals surface area contributed by atoms with Crippen molar-refractivity contribution < 1.29 is 9.59 Å². The summed E-state index contributed by atoms with van der Waals surface area (Å²) in [5.74, 6) is -0.202. The number of carbonyl (C=O) groups excluding carboxylic acids is 2. The fourth-order valence-corrected chi connectivity index (χ4v) is 1.88. The Hall–Kier alpha value is -1.69. The van der Waals surface area contributed by atoms with Crippen LogP contribution in [-0.2, 0) is 9.59 Å². The van der Waals surface area contributed by atoms with Crippen LogP contribution in [0.3, 0.4) is 0 Å². The van der Waals surface area contributed by atoms with E-state index in [4.69, 9.17) is 11.6 Å². The van der Waals surface area contributed by atoms with Crippen LogP contribution in [0.25, 0.3) is 0 Å². The van der Waals surface area contributed by atoms with Crippen LogP contribution >= 0.6 is 11.6 Å². The molecule has 6 nitrogen and oxygen atoms in total. The molecule has 1 unspecified atom stereocenters. The van der Waals surface area contributed by atoms with Gasteiger partial charge in [-0.2, -0.15) is 0 Å². The van der Waals surface area contributed by atoms with E-state index < -0.39 is 6.04 Å². The van der Waals surface area contributed by atoms with Crippen molar-refractivity contribution in [3.8, 4) is 0 Å². The number of rotatable bonds is 1. The molecule has 1 aliphatic rings. The van der Waals surface area contributed by atoms with E-state index in [2.05, 4.69) is 15.3 Å². The molecule has 1 saturated heterocycles. The van der Waals surface area contributed by atoms with Crippen molar-refractivity contribution in [1.29, 1.82) is 0 Å². The standard InChI is InChI=1S/C10H11ClN4O2/c1-5-3-7(13-10(11)12-5)15-4-8(16)14-9(17)6(15)2/h3,6H,4H2,1-2H3,(H,14,16,17). The molecule has 17 heavy (non-hydrogen) atoms. The molecule has 90 valence electrons. The van der Waals surface area contributed by atoms with Crippen LogP contribution in [-0.4, -0.2) is 34.4 Å². The van der Waals surface area contributed by atoms with Gasteiger partial charge in [-0.05, 0) is 25.4 Å². The molecule has 0 aromatic carbocycles. The topological polar surface area (TPSA) is 75.2 Å². The number of hydrogen-bond donors (Lipinski definition) is 1. The monoisotopic (exact) mass is 254 g/mol. The Morgan fingerprint density at radius 3 is 2.82 bits per heavy atom. The van der Waals surface area contributed by atoms with Crippen LogP contribution in [0.15, 0.2) is 6.07 Å². The van der Waals surface area contributed by atoms with Gasteiger partial charge < -0.3 is 4.90 Å². The Kier molecular flexibility index (Phi) is 2.97. The zero-order valence-corrected chi connectivity index (χ0v) is 10.2. The largest absolute Gasteiger partial charge is 0.335 e. The normalized spacial score (nSPS) is 20.4. The molecule has 0 saturated carbocycles. The first kappa shape index (κ1) is 11.8. The molecule has 2 rings (SSSR count). The molecule has 2 heterocycles. The lowest BCUT2D eigenvalue weighted by Gasteiger charge is -2.32. The maximum atomic E-state index is 11.5. The van der Waals surface area contributed by atoms with Gasteiger partial charge in [-0.3, -0.25) is 14.9 Å². The summed E-state index contributed by atoms with van der Waals surface area (Å²) >= 11 is 5.76. The summed E-state index contributed by atoms with van der Waals surface area (Å²) in [6.07, 6.45) is 0. The number of piperazine rings is 1. The summed E-state index contributed by atoms with van der Waals surface area (Å²) in [7, 11) is 0. The number of nitrogens with one attached hydrogen (secondary N) is 1. The molecular formula is C10H11ClN4O2. The number of nitrogens with zero attached hydrogens (tertiary/aromatic N) is 3. The quantitative estimate of drug-likeness (QED) is 0.576. The van der Waals surface area contributed by atoms with Gasteiger partial charge in [-0.1, -0.05) is 0 Å². The molecule has 0 spiro atoms. The van der Waals surface area contributed by atoms with Crippen LogP contribution in [0.4, 0.5) is 5.82 Å². The van der Waals surface area contributed by atoms with Crippen molar-refractivity contribution in [2.75, 3.05) is 11.4 Å². The van der Waals surface area contributed by atoms with Gasteiger partial charge in [0.15, 0.2) is 0 Å². The van der Waals surface area contributed by atoms with Crippen molar-refractivity contribution in [1.82, 2.24) is 15.3 Å². The van der Waals surface area contributed by atoms with Gasteiger partial charge in [0.25, 0.3) is 0 Å². The third-order valence-electron chi connectivity index (χ3n) is 2.53. The van der Waals surface area contributed by atoms with Crippen molar-refractivity contribution in [3.05, 3.63) is 17.0 Å². The van der Waals surface area contributed by atoms with Gasteiger partial charge in [-0.25, -0.2) is 9.97 Å². The van der Waals surface area contributed by atoms with E-state index in [-0.39, 0.29) is 23.6 Å². The van der Waals surface area contributed by atoms with E-state index in [1.165, 1.54) is 0 Å². The van der Waals surface area contributed by atoms with E-state index >= 15 is 0 Å². The second-order valence-electron chi connectivity index (χ2n) is 3.85. The molecule has 0 bridgehead atoms. The zero-order chi connectivity index (χ0) is 12.6. The highest BCUT2D eigenvalue weighted by Crippen LogP contribution is 2.19. The summed E-state index contributed by atoms with van der Waals surface area (Å²) in [6.45, 7) is 3.56. The van der Waals surface area contributed by atoms with Crippen molar-refractivity contribution in [2.24, 2.45) is 0 Å². The minimum Gasteiger partial charge on any atom is -0.335 e. The lowest BCUT2D eigenvalue weighted by atomic mass is 10.2. The number of aromatic nitrogens is 2. The second kappa shape index (κ2) is 4.29. The molecule has 1 aliphatic heterocycles. The summed E-state index contributed by atoms with van der Waals surface area (Å²) < 4.78 is 0. The Bertz CT molecular complexity index is 471. The van der Waals surface area contributed by atoms with Gasteiger partial charge in [0, 0.05) is 11.8 Å². The Labute approximate surface area is 103 Å². The molecular weight excluding hydrogens is 244 g/mol. The molecule has 1 atom stereocenters. The number of carbonyl (C=O) groups is 2. The van der Waals surface area contributed by atoms with E-state index in [9.17, 15) is 9.59 Å². The number of anilines is 1. The Balaban J connectivity index is 2.37. The van der Waals surface area contributed by atoms with Crippen molar-refractivity contribution in [2.45, 2.75) is 19.9 Å². The maximum absolute atomic E-state index is 11.5. The Morgan fingerprint density at radius 2 is 2.18 bits per heavy atom. The molecule has 2 amide bonds. The van der Waals surface area contributed by atoms with E-state index in [0.717, 1.165) is 0 Å². The molecule has 1 fully saturated rings. The molecule has 0 aliphatic carbocycles. The third-order valence-corrected chi connectivity index (χ3v) is 2.70. The van der Waals surface area contributed by atoms with Crippen LogP contribution in [0, 0.1) is 6.92 Å². The molecule has 0 radical (unpaired) electrons. The average molecular weight is 255 g/mol. The first-order valence-corrected chi connectivity index (χ1v) is 5.46. The van der Waals surface area contributed by atoms with E-state index in [1.54, 1.807) is 24.8 Å². The lowest BCUT2D eigenvalue weighted by Crippen LogP contribution is -2.57. The highest BCUT2D eigenvalue weighted by molar-refractivity contribution is 6.28. The number of amides is 2. The van der Waals surface area contributed by atoms with E-state index in [0.29, 0.717) is 11.5 Å². The van der Waals surface area contributed by atoms with Crippen LogP contribution < -0.4 is 10.2 Å². The second-order valence-corrected chi connectivity index (χ2v) is 4.19. The highest BCUT2D eigenvalue weighted by Gasteiger charge is 2.31. The first-order chi connectivity index (χ1) is 7.97. The smallest absolute Gasteiger partial charge is 0.249 e. The van der Waals surface area contributed by atoms with Gasteiger partial charge in [0.1, 0.15) is 11.9 Å². The van der Waals surface area contributed by atoms with Gasteiger partial charge in [0.05, 0.1) is 6.54 Å². The molecule has 7 heteroatoms. The minimum absolute atomic E-state index is 0.0830.